The number of rotatable bonds is 8. The molecule has 1 aromatic heterocycles. The molecule has 1 heterocycles. The second-order valence-electron chi connectivity index (χ2n) is 6.53. The molecule has 0 aliphatic heterocycles. The molecule has 4 nitrogen and oxygen atoms in total. The predicted octanol–water partition coefficient (Wildman–Crippen LogP) is 5.40. The normalized spacial score (nSPS) is 11.1. The van der Waals surface area contributed by atoms with Crippen LogP contribution in [-0.2, 0) is 11.3 Å². The quantitative estimate of drug-likeness (QED) is 0.417. The maximum Gasteiger partial charge on any atom is 0.244 e. The molecule has 0 aliphatic rings. The fraction of sp³-hybridized carbons (Fsp3) is 0.333. The highest BCUT2D eigenvalue weighted by molar-refractivity contribution is 7.99. The number of aromatic nitrogens is 2. The Hall–Kier alpha value is -2.34. The molecule has 0 saturated heterocycles. The van der Waals surface area contributed by atoms with Crippen LogP contribution in [0.5, 0.6) is 0 Å². The number of fused-ring (bicyclic) bond motifs is 1. The summed E-state index contributed by atoms with van der Waals surface area (Å²) < 4.78 is 15.4. The number of aryl methyl sites for hydroxylation is 1. The summed E-state index contributed by atoms with van der Waals surface area (Å²) in [6.45, 7) is 4.17. The SMILES string of the molecule is CCCCCSc1nc2ccccc2n1CC(=O)Nc1cc(F)ccc1C. The highest BCUT2D eigenvalue weighted by Gasteiger charge is 2.15. The zero-order chi connectivity index (χ0) is 19.2. The lowest BCUT2D eigenvalue weighted by atomic mass is 10.2. The summed E-state index contributed by atoms with van der Waals surface area (Å²) in [5, 5.41) is 3.67. The number of anilines is 1. The number of hydrogen-bond acceptors (Lipinski definition) is 3. The summed E-state index contributed by atoms with van der Waals surface area (Å²) >= 11 is 1.68. The number of imidazole rings is 1. The van der Waals surface area contributed by atoms with Crippen LogP contribution < -0.4 is 5.32 Å². The molecule has 3 aromatic rings. The van der Waals surface area contributed by atoms with E-state index in [2.05, 4.69) is 17.2 Å². The molecule has 3 rings (SSSR count). The third-order valence-electron chi connectivity index (χ3n) is 4.37. The Kier molecular flexibility index (Phi) is 6.50. The molecule has 142 valence electrons. The average Bonchev–Trinajstić information content (AvgIpc) is 2.99. The maximum absolute atomic E-state index is 13.5. The third-order valence-corrected chi connectivity index (χ3v) is 5.44. The van der Waals surface area contributed by atoms with E-state index in [9.17, 15) is 9.18 Å². The molecule has 1 N–H and O–H groups in total. The number of nitrogens with zero attached hydrogens (tertiary/aromatic N) is 2. The number of nitrogens with one attached hydrogen (secondary N) is 1. The van der Waals surface area contributed by atoms with Crippen LogP contribution >= 0.6 is 11.8 Å². The number of thioether (sulfide) groups is 1. The first-order valence-electron chi connectivity index (χ1n) is 9.22. The molecule has 27 heavy (non-hydrogen) atoms. The van der Waals surface area contributed by atoms with Crippen molar-refractivity contribution in [2.45, 2.75) is 44.8 Å². The van der Waals surface area contributed by atoms with Gasteiger partial charge in [-0.15, -0.1) is 0 Å². The van der Waals surface area contributed by atoms with Gasteiger partial charge < -0.3 is 9.88 Å². The highest BCUT2D eigenvalue weighted by Crippen LogP contribution is 2.25. The minimum atomic E-state index is -0.365. The fourth-order valence-corrected chi connectivity index (χ4v) is 3.91. The Balaban J connectivity index is 1.79. The van der Waals surface area contributed by atoms with Crippen molar-refractivity contribution in [3.63, 3.8) is 0 Å². The molecule has 0 atom stereocenters. The maximum atomic E-state index is 13.5. The topological polar surface area (TPSA) is 46.9 Å². The summed E-state index contributed by atoms with van der Waals surface area (Å²) in [6, 6.07) is 12.2. The Morgan fingerprint density at radius 2 is 2.04 bits per heavy atom. The highest BCUT2D eigenvalue weighted by atomic mass is 32.2. The molecule has 1 amide bonds. The number of carbonyl (C=O) groups excluding carboxylic acids is 1. The first-order valence-corrected chi connectivity index (χ1v) is 10.2. The van der Waals surface area contributed by atoms with Gasteiger partial charge in [-0.3, -0.25) is 4.79 Å². The number of benzene rings is 2. The van der Waals surface area contributed by atoms with Crippen LogP contribution in [0.1, 0.15) is 31.7 Å². The second kappa shape index (κ2) is 9.04. The van der Waals surface area contributed by atoms with Gasteiger partial charge in [0.05, 0.1) is 11.0 Å². The van der Waals surface area contributed by atoms with E-state index in [1.807, 2.05) is 35.8 Å². The molecule has 0 spiro atoms. The molecular weight excluding hydrogens is 361 g/mol. The van der Waals surface area contributed by atoms with Crippen molar-refractivity contribution in [3.8, 4) is 0 Å². The van der Waals surface area contributed by atoms with Gasteiger partial charge in [0.2, 0.25) is 5.91 Å². The van der Waals surface area contributed by atoms with E-state index in [0.717, 1.165) is 33.9 Å². The van der Waals surface area contributed by atoms with Crippen molar-refractivity contribution in [1.82, 2.24) is 9.55 Å². The zero-order valence-corrected chi connectivity index (χ0v) is 16.5. The summed E-state index contributed by atoms with van der Waals surface area (Å²) in [6.07, 6.45) is 3.48. The molecule has 0 bridgehead atoms. The van der Waals surface area contributed by atoms with Gasteiger partial charge in [-0.05, 0) is 43.2 Å². The molecule has 0 unspecified atom stereocenters. The van der Waals surface area contributed by atoms with E-state index in [1.54, 1.807) is 17.8 Å². The van der Waals surface area contributed by atoms with Gasteiger partial charge in [0, 0.05) is 11.4 Å². The van der Waals surface area contributed by atoms with Crippen LogP contribution in [0.2, 0.25) is 0 Å². The van der Waals surface area contributed by atoms with Gasteiger partial charge in [0.15, 0.2) is 5.16 Å². The van der Waals surface area contributed by atoms with Gasteiger partial charge in [-0.2, -0.15) is 0 Å². The van der Waals surface area contributed by atoms with Gasteiger partial charge >= 0.3 is 0 Å². The molecule has 6 heteroatoms. The Morgan fingerprint density at radius 1 is 1.22 bits per heavy atom. The summed E-state index contributed by atoms with van der Waals surface area (Å²) in [5.74, 6) is 0.417. The minimum Gasteiger partial charge on any atom is -0.324 e. The van der Waals surface area contributed by atoms with E-state index in [1.165, 1.54) is 25.0 Å². The first kappa shape index (κ1) is 19.4. The van der Waals surface area contributed by atoms with Crippen LogP contribution in [0.15, 0.2) is 47.6 Å². The van der Waals surface area contributed by atoms with Crippen molar-refractivity contribution < 1.29 is 9.18 Å². The fourth-order valence-electron chi connectivity index (χ4n) is 2.89. The van der Waals surface area contributed by atoms with Crippen LogP contribution in [-0.4, -0.2) is 21.2 Å². The average molecular weight is 386 g/mol. The number of halogens is 1. The van der Waals surface area contributed by atoms with E-state index >= 15 is 0 Å². The number of amides is 1. The van der Waals surface area contributed by atoms with E-state index < -0.39 is 0 Å². The number of hydrogen-bond donors (Lipinski definition) is 1. The third kappa shape index (κ3) is 4.89. The van der Waals surface area contributed by atoms with E-state index in [-0.39, 0.29) is 18.3 Å². The summed E-state index contributed by atoms with van der Waals surface area (Å²) in [5.41, 5.74) is 3.14. The molecule has 2 aromatic carbocycles. The smallest absolute Gasteiger partial charge is 0.244 e. The van der Waals surface area contributed by atoms with Gasteiger partial charge in [0.1, 0.15) is 12.4 Å². The Bertz CT molecular complexity index is 938. The predicted molar refractivity (Wildman–Crippen MR) is 110 cm³/mol. The molecule has 0 radical (unpaired) electrons. The summed E-state index contributed by atoms with van der Waals surface area (Å²) in [7, 11) is 0. The molecule has 0 fully saturated rings. The lowest BCUT2D eigenvalue weighted by molar-refractivity contribution is -0.116. The Morgan fingerprint density at radius 3 is 2.85 bits per heavy atom. The number of para-hydroxylation sites is 2. The van der Waals surface area contributed by atoms with Crippen molar-refractivity contribution in [2.75, 3.05) is 11.1 Å². The first-order chi connectivity index (χ1) is 13.1. The standard InChI is InChI=1S/C21H24FN3OS/c1-3-4-7-12-27-21-24-17-8-5-6-9-19(17)25(21)14-20(26)23-18-13-16(22)11-10-15(18)2/h5-6,8-11,13H,3-4,7,12,14H2,1-2H3,(H,23,26). The largest absolute Gasteiger partial charge is 0.324 e. The summed E-state index contributed by atoms with van der Waals surface area (Å²) in [4.78, 5) is 17.3. The van der Waals surface area contributed by atoms with Gasteiger partial charge in [0.25, 0.3) is 0 Å². The molecular formula is C21H24FN3OS. The Labute approximate surface area is 163 Å². The molecule has 0 saturated carbocycles. The lowest BCUT2D eigenvalue weighted by Gasteiger charge is -2.11. The van der Waals surface area contributed by atoms with Gasteiger partial charge in [-0.25, -0.2) is 9.37 Å². The lowest BCUT2D eigenvalue weighted by Crippen LogP contribution is -2.20. The minimum absolute atomic E-state index is 0.145. The van der Waals surface area contributed by atoms with Crippen molar-refractivity contribution in [1.29, 1.82) is 0 Å². The van der Waals surface area contributed by atoms with Crippen molar-refractivity contribution >= 4 is 34.4 Å². The van der Waals surface area contributed by atoms with E-state index in [4.69, 9.17) is 0 Å². The zero-order valence-electron chi connectivity index (χ0n) is 15.7. The van der Waals surface area contributed by atoms with Crippen molar-refractivity contribution in [3.05, 3.63) is 53.8 Å². The second-order valence-corrected chi connectivity index (χ2v) is 7.59. The van der Waals surface area contributed by atoms with Gasteiger partial charge in [-0.1, -0.05) is 49.7 Å². The van der Waals surface area contributed by atoms with Crippen LogP contribution in [0.25, 0.3) is 11.0 Å². The van der Waals surface area contributed by atoms with Crippen molar-refractivity contribution in [2.24, 2.45) is 0 Å². The van der Waals surface area contributed by atoms with E-state index in [0.29, 0.717) is 5.69 Å². The monoisotopic (exact) mass is 385 g/mol. The van der Waals surface area contributed by atoms with Crippen LogP contribution in [0, 0.1) is 12.7 Å². The number of unbranched alkanes of at least 4 members (excludes halogenated alkanes) is 2. The molecule has 0 aliphatic carbocycles. The number of carbonyl (C=O) groups is 1. The van der Waals surface area contributed by atoms with Crippen LogP contribution in [0.4, 0.5) is 10.1 Å². The van der Waals surface area contributed by atoms with Crippen LogP contribution in [0.3, 0.4) is 0 Å².